The zero-order valence-corrected chi connectivity index (χ0v) is 20.6. The molecule has 1 aliphatic heterocycles. The van der Waals surface area contributed by atoms with Crippen LogP contribution in [0.3, 0.4) is 0 Å². The lowest BCUT2D eigenvalue weighted by Gasteiger charge is -2.30. The van der Waals surface area contributed by atoms with E-state index in [1.54, 1.807) is 23.6 Å². The van der Waals surface area contributed by atoms with Crippen molar-refractivity contribution in [3.8, 4) is 0 Å². The van der Waals surface area contributed by atoms with Crippen molar-refractivity contribution in [2.24, 2.45) is 0 Å². The molecule has 2 N–H and O–H groups in total. The third-order valence-electron chi connectivity index (χ3n) is 5.21. The summed E-state index contributed by atoms with van der Waals surface area (Å²) in [4.78, 5) is 32.4. The Morgan fingerprint density at radius 3 is 3.03 bits per heavy atom. The minimum atomic E-state index is -3.29. The molecule has 4 rings (SSSR count). The van der Waals surface area contributed by atoms with Crippen molar-refractivity contribution in [2.45, 2.75) is 19.3 Å². The van der Waals surface area contributed by atoms with Crippen LogP contribution >= 0.6 is 22.9 Å². The van der Waals surface area contributed by atoms with E-state index in [0.717, 1.165) is 5.56 Å². The molecule has 1 unspecified atom stereocenters. The highest BCUT2D eigenvalue weighted by atomic mass is 35.5. The fraction of sp³-hybridized carbons (Fsp3) is 0.381. The molecule has 1 aromatic carbocycles. The van der Waals surface area contributed by atoms with Gasteiger partial charge < -0.3 is 19.8 Å². The molecule has 182 valence electrons. The number of hydrogen-bond acceptors (Lipinski definition) is 8. The van der Waals surface area contributed by atoms with Crippen molar-refractivity contribution in [3.63, 3.8) is 0 Å². The fourth-order valence-corrected chi connectivity index (χ4v) is 5.51. The number of rotatable bonds is 8. The van der Waals surface area contributed by atoms with Gasteiger partial charge in [0.05, 0.1) is 37.6 Å². The van der Waals surface area contributed by atoms with Crippen LogP contribution in [0, 0.1) is 0 Å². The van der Waals surface area contributed by atoms with E-state index < -0.39 is 21.5 Å². The zero-order valence-electron chi connectivity index (χ0n) is 18.2. The molecule has 1 saturated heterocycles. The Morgan fingerprint density at radius 2 is 2.26 bits per heavy atom. The first kappa shape index (κ1) is 24.8. The number of benzene rings is 1. The molecule has 1 aliphatic rings. The first-order chi connectivity index (χ1) is 16.2. The highest BCUT2D eigenvalue weighted by Crippen LogP contribution is 2.22. The molecular weight excluding hydrogens is 504 g/mol. The number of ether oxygens (including phenoxy) is 2. The van der Waals surface area contributed by atoms with Crippen molar-refractivity contribution in [1.82, 2.24) is 19.6 Å². The van der Waals surface area contributed by atoms with E-state index in [2.05, 4.69) is 15.3 Å². The number of sulfonamides is 1. The number of nitrogens with zero attached hydrogens (tertiary/aromatic N) is 2. The maximum Gasteiger partial charge on any atom is 0.287 e. The predicted molar refractivity (Wildman–Crippen MR) is 129 cm³/mol. The normalized spacial score (nSPS) is 17.2. The van der Waals surface area contributed by atoms with Crippen LogP contribution < -0.4 is 10.9 Å². The smallest absolute Gasteiger partial charge is 0.287 e. The summed E-state index contributed by atoms with van der Waals surface area (Å²) in [5, 5.41) is 5.40. The number of fused-ring (bicyclic) bond motifs is 1. The molecule has 3 heterocycles. The number of carbonyl (C=O) groups excluding carboxylic acids is 1. The van der Waals surface area contributed by atoms with E-state index in [4.69, 9.17) is 21.1 Å². The Kier molecular flexibility index (Phi) is 7.65. The molecule has 2 aromatic heterocycles. The van der Waals surface area contributed by atoms with Crippen LogP contribution in [-0.2, 0) is 32.6 Å². The van der Waals surface area contributed by atoms with Crippen LogP contribution in [0.2, 0.25) is 5.02 Å². The largest absolute Gasteiger partial charge is 0.374 e. The van der Waals surface area contributed by atoms with E-state index in [9.17, 15) is 18.0 Å². The maximum absolute atomic E-state index is 12.7. The van der Waals surface area contributed by atoms with Crippen molar-refractivity contribution in [2.75, 3.05) is 32.6 Å². The van der Waals surface area contributed by atoms with E-state index in [-0.39, 0.29) is 38.2 Å². The highest BCUT2D eigenvalue weighted by Gasteiger charge is 2.26. The SMILES string of the molecule is CS(=O)(=O)N1CCOC(COCc2csc3nc(C(=O)NCc4cccc(Cl)c4)[nH]c(=O)c23)C1. The summed E-state index contributed by atoms with van der Waals surface area (Å²) in [6.07, 6.45) is 0.776. The summed E-state index contributed by atoms with van der Waals surface area (Å²) in [6, 6.07) is 7.09. The van der Waals surface area contributed by atoms with Gasteiger partial charge in [-0.3, -0.25) is 9.59 Å². The number of aromatic amines is 1. The number of halogens is 1. The van der Waals surface area contributed by atoms with Gasteiger partial charge in [-0.1, -0.05) is 23.7 Å². The van der Waals surface area contributed by atoms with Crippen LogP contribution in [0.4, 0.5) is 0 Å². The molecule has 3 aromatic rings. The number of thiophene rings is 1. The predicted octanol–water partition coefficient (Wildman–Crippen LogP) is 1.74. The Hall–Kier alpha value is -2.35. The van der Waals surface area contributed by atoms with Gasteiger partial charge in [0.15, 0.2) is 0 Å². The molecule has 10 nitrogen and oxygen atoms in total. The van der Waals surface area contributed by atoms with Crippen LogP contribution in [0.1, 0.15) is 21.7 Å². The average Bonchev–Trinajstić information content (AvgIpc) is 3.21. The molecule has 1 amide bonds. The van der Waals surface area contributed by atoms with Crippen LogP contribution in [0.5, 0.6) is 0 Å². The van der Waals surface area contributed by atoms with Gasteiger partial charge in [-0.15, -0.1) is 11.3 Å². The molecule has 34 heavy (non-hydrogen) atoms. The second-order valence-corrected chi connectivity index (χ2v) is 11.1. The number of H-pyrrole nitrogens is 1. The van der Waals surface area contributed by atoms with E-state index >= 15 is 0 Å². The van der Waals surface area contributed by atoms with Crippen molar-refractivity contribution >= 4 is 49.1 Å². The Labute approximate surface area is 204 Å². The van der Waals surface area contributed by atoms with Gasteiger partial charge in [0, 0.05) is 30.2 Å². The first-order valence-electron chi connectivity index (χ1n) is 10.4. The second-order valence-electron chi connectivity index (χ2n) is 7.80. The number of nitrogens with one attached hydrogen (secondary N) is 2. The Morgan fingerprint density at radius 1 is 1.44 bits per heavy atom. The topological polar surface area (TPSA) is 131 Å². The third kappa shape index (κ3) is 6.01. The minimum Gasteiger partial charge on any atom is -0.374 e. The summed E-state index contributed by atoms with van der Waals surface area (Å²) >= 11 is 7.19. The van der Waals surface area contributed by atoms with E-state index in [1.165, 1.54) is 21.9 Å². The molecule has 13 heteroatoms. The lowest BCUT2D eigenvalue weighted by atomic mass is 10.2. The van der Waals surface area contributed by atoms with Crippen LogP contribution in [0.15, 0.2) is 34.4 Å². The standard InChI is InChI=1S/C21H23ClN4O6S2/c1-34(29,30)26-5-6-32-16(9-26)11-31-10-14-12-33-21-17(14)19(27)24-18(25-21)20(28)23-8-13-3-2-4-15(22)7-13/h2-4,7,12,16H,5-6,8-11H2,1H3,(H,23,28)(H,24,25,27). The lowest BCUT2D eigenvalue weighted by molar-refractivity contribution is -0.0542. The molecule has 0 saturated carbocycles. The van der Waals surface area contributed by atoms with Gasteiger partial charge >= 0.3 is 0 Å². The van der Waals surface area contributed by atoms with Gasteiger partial charge in [-0.25, -0.2) is 13.4 Å². The summed E-state index contributed by atoms with van der Waals surface area (Å²) in [7, 11) is -3.29. The number of hydrogen-bond donors (Lipinski definition) is 2. The van der Waals surface area contributed by atoms with Crippen LogP contribution in [-0.4, -0.2) is 67.3 Å². The van der Waals surface area contributed by atoms with Crippen molar-refractivity contribution in [1.29, 1.82) is 0 Å². The van der Waals surface area contributed by atoms with E-state index in [0.29, 0.717) is 34.0 Å². The fourth-order valence-electron chi connectivity index (χ4n) is 3.53. The quantitative estimate of drug-likeness (QED) is 0.457. The van der Waals surface area contributed by atoms with Gasteiger partial charge in [0.1, 0.15) is 4.83 Å². The number of amides is 1. The number of carbonyl (C=O) groups is 1. The summed E-state index contributed by atoms with van der Waals surface area (Å²) < 4.78 is 36.1. The summed E-state index contributed by atoms with van der Waals surface area (Å²) in [6.45, 7) is 1.39. The Balaban J connectivity index is 1.38. The molecule has 1 atom stereocenters. The van der Waals surface area contributed by atoms with Crippen molar-refractivity contribution in [3.05, 3.63) is 62.0 Å². The lowest BCUT2D eigenvalue weighted by Crippen LogP contribution is -2.46. The monoisotopic (exact) mass is 526 g/mol. The number of morpholine rings is 1. The van der Waals surface area contributed by atoms with Gasteiger partial charge in [-0.05, 0) is 23.1 Å². The molecule has 0 bridgehead atoms. The van der Waals surface area contributed by atoms with Crippen molar-refractivity contribution < 1.29 is 22.7 Å². The summed E-state index contributed by atoms with van der Waals surface area (Å²) in [5.74, 6) is -0.583. The van der Waals surface area contributed by atoms with Gasteiger partial charge in [0.2, 0.25) is 15.8 Å². The second kappa shape index (κ2) is 10.5. The van der Waals surface area contributed by atoms with Gasteiger partial charge in [-0.2, -0.15) is 4.31 Å². The van der Waals surface area contributed by atoms with Gasteiger partial charge in [0.25, 0.3) is 11.5 Å². The summed E-state index contributed by atoms with van der Waals surface area (Å²) in [5.41, 5.74) is 1.02. The molecule has 0 aliphatic carbocycles. The highest BCUT2D eigenvalue weighted by molar-refractivity contribution is 7.88. The first-order valence-corrected chi connectivity index (χ1v) is 13.5. The zero-order chi connectivity index (χ0) is 24.3. The molecule has 0 spiro atoms. The average molecular weight is 527 g/mol. The molecular formula is C21H23ClN4O6S2. The van der Waals surface area contributed by atoms with E-state index in [1.807, 2.05) is 6.07 Å². The Bertz CT molecular complexity index is 1360. The molecule has 1 fully saturated rings. The van der Waals surface area contributed by atoms with Crippen LogP contribution in [0.25, 0.3) is 10.2 Å². The minimum absolute atomic E-state index is 0.0784. The number of aromatic nitrogens is 2. The third-order valence-corrected chi connectivity index (χ3v) is 7.63. The molecule has 0 radical (unpaired) electrons. The maximum atomic E-state index is 12.7.